The van der Waals surface area contributed by atoms with Crippen LogP contribution in [0.4, 0.5) is 0 Å². The Hall–Kier alpha value is -1.13. The predicted octanol–water partition coefficient (Wildman–Crippen LogP) is 4.41. The largest absolute Gasteiger partial charge is 0.443 e. The number of rotatable bonds is 10. The van der Waals surface area contributed by atoms with Crippen LogP contribution in [0.5, 0.6) is 0 Å². The molecule has 0 aromatic carbocycles. The zero-order chi connectivity index (χ0) is 18.8. The van der Waals surface area contributed by atoms with Crippen LogP contribution in [0.3, 0.4) is 0 Å². The fraction of sp³-hybridized carbons (Fsp3) is 0.579. The van der Waals surface area contributed by atoms with E-state index in [0.717, 1.165) is 42.8 Å². The molecule has 0 fully saturated rings. The SMILES string of the molecule is CCCC(O)(CCC)CNC(=NCc1coc(-c2cccs2)n1)NCC.I. The third-order valence-electron chi connectivity index (χ3n) is 4.04. The molecule has 0 spiro atoms. The molecule has 2 aromatic heterocycles. The van der Waals surface area contributed by atoms with E-state index in [0.29, 0.717) is 24.9 Å². The highest BCUT2D eigenvalue weighted by atomic mass is 127. The molecule has 0 aliphatic carbocycles. The fourth-order valence-corrected chi connectivity index (χ4v) is 3.53. The molecule has 27 heavy (non-hydrogen) atoms. The number of hydrogen-bond acceptors (Lipinski definition) is 5. The van der Waals surface area contributed by atoms with Crippen molar-refractivity contribution in [1.82, 2.24) is 15.6 Å². The van der Waals surface area contributed by atoms with E-state index in [1.165, 1.54) is 0 Å². The lowest BCUT2D eigenvalue weighted by Crippen LogP contribution is -2.47. The third kappa shape index (κ3) is 7.79. The summed E-state index contributed by atoms with van der Waals surface area (Å²) in [6, 6.07) is 3.96. The number of aromatic nitrogens is 1. The number of aliphatic hydroxyl groups is 1. The molecule has 0 saturated carbocycles. The second kappa shape index (κ2) is 12.4. The lowest BCUT2D eigenvalue weighted by molar-refractivity contribution is 0.0257. The maximum Gasteiger partial charge on any atom is 0.236 e. The molecule has 0 radical (unpaired) electrons. The van der Waals surface area contributed by atoms with Crippen molar-refractivity contribution >= 4 is 41.3 Å². The van der Waals surface area contributed by atoms with Crippen molar-refractivity contribution < 1.29 is 9.52 Å². The quantitative estimate of drug-likeness (QED) is 0.253. The van der Waals surface area contributed by atoms with Crippen LogP contribution in [0, 0.1) is 0 Å². The van der Waals surface area contributed by atoms with Crippen molar-refractivity contribution in [3.05, 3.63) is 29.5 Å². The molecule has 152 valence electrons. The summed E-state index contributed by atoms with van der Waals surface area (Å²) in [7, 11) is 0. The monoisotopic (exact) mass is 506 g/mol. The van der Waals surface area contributed by atoms with E-state index in [1.54, 1.807) is 17.6 Å². The highest BCUT2D eigenvalue weighted by molar-refractivity contribution is 14.0. The number of nitrogens with one attached hydrogen (secondary N) is 2. The molecule has 0 atom stereocenters. The second-order valence-corrected chi connectivity index (χ2v) is 7.34. The van der Waals surface area contributed by atoms with E-state index in [4.69, 9.17) is 4.42 Å². The van der Waals surface area contributed by atoms with Crippen molar-refractivity contribution in [3.8, 4) is 10.8 Å². The Balaban J connectivity index is 0.00000364. The fourth-order valence-electron chi connectivity index (χ4n) is 2.88. The molecule has 2 heterocycles. The average molecular weight is 506 g/mol. The van der Waals surface area contributed by atoms with Gasteiger partial charge in [0.1, 0.15) is 12.0 Å². The molecular formula is C19H31IN4O2S. The zero-order valence-corrected chi connectivity index (χ0v) is 19.5. The normalized spacial score (nSPS) is 11.9. The topological polar surface area (TPSA) is 82.7 Å². The Morgan fingerprint density at radius 2 is 2.00 bits per heavy atom. The molecule has 0 aliphatic heterocycles. The minimum absolute atomic E-state index is 0. The highest BCUT2D eigenvalue weighted by Gasteiger charge is 2.24. The van der Waals surface area contributed by atoms with Gasteiger partial charge in [0.15, 0.2) is 5.96 Å². The summed E-state index contributed by atoms with van der Waals surface area (Å²) in [6.07, 6.45) is 5.11. The molecule has 0 amide bonds. The molecular weight excluding hydrogens is 475 g/mol. The highest BCUT2D eigenvalue weighted by Crippen LogP contribution is 2.23. The first-order valence-electron chi connectivity index (χ1n) is 9.33. The third-order valence-corrected chi connectivity index (χ3v) is 4.90. The van der Waals surface area contributed by atoms with Crippen LogP contribution in [0.2, 0.25) is 0 Å². The number of hydrogen-bond donors (Lipinski definition) is 3. The van der Waals surface area contributed by atoms with Gasteiger partial charge in [0.25, 0.3) is 0 Å². The van der Waals surface area contributed by atoms with E-state index < -0.39 is 5.60 Å². The summed E-state index contributed by atoms with van der Waals surface area (Å²) >= 11 is 1.60. The average Bonchev–Trinajstić information content (AvgIpc) is 3.29. The Kier molecular flexibility index (Phi) is 10.9. The van der Waals surface area contributed by atoms with Crippen LogP contribution in [0.25, 0.3) is 10.8 Å². The van der Waals surface area contributed by atoms with Crippen LogP contribution in [-0.4, -0.2) is 34.7 Å². The van der Waals surface area contributed by atoms with Gasteiger partial charge in [0.2, 0.25) is 5.89 Å². The number of halogens is 1. The molecule has 2 rings (SSSR count). The minimum Gasteiger partial charge on any atom is -0.443 e. The first kappa shape index (κ1) is 23.9. The van der Waals surface area contributed by atoms with Crippen molar-refractivity contribution in [3.63, 3.8) is 0 Å². The number of nitrogens with zero attached hydrogens (tertiary/aromatic N) is 2. The number of oxazole rings is 1. The van der Waals surface area contributed by atoms with Crippen molar-refractivity contribution in [2.75, 3.05) is 13.1 Å². The number of guanidine groups is 1. The molecule has 8 heteroatoms. The molecule has 0 unspecified atom stereocenters. The van der Waals surface area contributed by atoms with E-state index in [-0.39, 0.29) is 24.0 Å². The van der Waals surface area contributed by atoms with Gasteiger partial charge in [-0.15, -0.1) is 35.3 Å². The Bertz CT molecular complexity index is 667. The van der Waals surface area contributed by atoms with E-state index in [1.807, 2.05) is 24.4 Å². The van der Waals surface area contributed by atoms with Crippen LogP contribution in [-0.2, 0) is 6.54 Å². The second-order valence-electron chi connectivity index (χ2n) is 6.39. The van der Waals surface area contributed by atoms with Crippen LogP contribution < -0.4 is 10.6 Å². The van der Waals surface area contributed by atoms with Crippen molar-refractivity contribution in [2.24, 2.45) is 4.99 Å². The molecule has 0 saturated heterocycles. The summed E-state index contributed by atoms with van der Waals surface area (Å²) in [5.41, 5.74) is 0.0860. The summed E-state index contributed by atoms with van der Waals surface area (Å²) < 4.78 is 5.53. The lowest BCUT2D eigenvalue weighted by atomic mass is 9.93. The molecule has 2 aromatic rings. The maximum absolute atomic E-state index is 10.8. The Labute approximate surface area is 182 Å². The van der Waals surface area contributed by atoms with Gasteiger partial charge in [-0.2, -0.15) is 0 Å². The van der Waals surface area contributed by atoms with Gasteiger partial charge in [0, 0.05) is 13.1 Å². The summed E-state index contributed by atoms with van der Waals surface area (Å²) in [5, 5.41) is 19.2. The summed E-state index contributed by atoms with van der Waals surface area (Å²) in [6.45, 7) is 7.87. The Morgan fingerprint density at radius 3 is 2.59 bits per heavy atom. The van der Waals surface area contributed by atoms with Crippen LogP contribution in [0.15, 0.2) is 33.2 Å². The first-order chi connectivity index (χ1) is 12.6. The van der Waals surface area contributed by atoms with E-state index in [2.05, 4.69) is 34.5 Å². The van der Waals surface area contributed by atoms with Gasteiger partial charge in [-0.25, -0.2) is 9.98 Å². The lowest BCUT2D eigenvalue weighted by Gasteiger charge is -2.28. The standard InChI is InChI=1S/C19H30N4O2S.HI/c1-4-9-19(24,10-5-2)14-22-18(20-6-3)21-12-15-13-25-17(23-15)16-8-7-11-26-16;/h7-8,11,13,24H,4-6,9-10,12,14H2,1-3H3,(H2,20,21,22);1H. The minimum atomic E-state index is -0.695. The van der Waals surface area contributed by atoms with Crippen LogP contribution >= 0.6 is 35.3 Å². The molecule has 3 N–H and O–H groups in total. The van der Waals surface area contributed by atoms with Crippen molar-refractivity contribution in [1.29, 1.82) is 0 Å². The van der Waals surface area contributed by atoms with E-state index >= 15 is 0 Å². The first-order valence-corrected chi connectivity index (χ1v) is 10.2. The van der Waals surface area contributed by atoms with Gasteiger partial charge in [-0.05, 0) is 31.2 Å². The summed E-state index contributed by atoms with van der Waals surface area (Å²) in [4.78, 5) is 10.1. The zero-order valence-electron chi connectivity index (χ0n) is 16.3. The predicted molar refractivity (Wildman–Crippen MR) is 123 cm³/mol. The smallest absolute Gasteiger partial charge is 0.236 e. The van der Waals surface area contributed by atoms with Gasteiger partial charge in [0.05, 0.1) is 17.0 Å². The van der Waals surface area contributed by atoms with Gasteiger partial charge in [-0.1, -0.05) is 32.8 Å². The summed E-state index contributed by atoms with van der Waals surface area (Å²) in [5.74, 6) is 1.31. The van der Waals surface area contributed by atoms with E-state index in [9.17, 15) is 5.11 Å². The van der Waals surface area contributed by atoms with Gasteiger partial charge in [-0.3, -0.25) is 0 Å². The molecule has 6 nitrogen and oxygen atoms in total. The van der Waals surface area contributed by atoms with Crippen molar-refractivity contribution in [2.45, 2.75) is 58.6 Å². The molecule has 0 aliphatic rings. The maximum atomic E-state index is 10.8. The number of thiophene rings is 1. The number of aliphatic imine (C=N–C) groups is 1. The van der Waals surface area contributed by atoms with Gasteiger partial charge < -0.3 is 20.2 Å². The van der Waals surface area contributed by atoms with Gasteiger partial charge >= 0.3 is 0 Å². The molecule has 0 bridgehead atoms. The van der Waals surface area contributed by atoms with Crippen LogP contribution in [0.1, 0.15) is 52.1 Å². The Morgan fingerprint density at radius 1 is 1.26 bits per heavy atom.